The van der Waals surface area contributed by atoms with Crippen LogP contribution in [-0.2, 0) is 19.7 Å². The van der Waals surface area contributed by atoms with Crippen molar-refractivity contribution in [2.75, 3.05) is 54.1 Å². The third kappa shape index (κ3) is 6.55. The number of nitrogens with zero attached hydrogens (tertiary/aromatic N) is 2. The molecule has 5 rings (SSSR count). The summed E-state index contributed by atoms with van der Waals surface area (Å²) in [4.78, 5) is 43.6. The number of urea groups is 1. The number of amides is 4. The highest BCUT2D eigenvalue weighted by atomic mass is 16.5. The first-order valence-corrected chi connectivity index (χ1v) is 14.0. The molecule has 0 bridgehead atoms. The number of fused-ring (bicyclic) bond motifs is 1. The van der Waals surface area contributed by atoms with Gasteiger partial charge in [-0.15, -0.1) is 0 Å². The van der Waals surface area contributed by atoms with Gasteiger partial charge in [0.15, 0.2) is 5.82 Å². The van der Waals surface area contributed by atoms with Gasteiger partial charge in [-0.25, -0.2) is 4.79 Å². The molecule has 0 spiro atoms. The van der Waals surface area contributed by atoms with Gasteiger partial charge in [-0.3, -0.25) is 19.8 Å². The molecule has 12 nitrogen and oxygen atoms in total. The predicted molar refractivity (Wildman–Crippen MR) is 162 cm³/mol. The molecule has 4 heterocycles. The Balaban J connectivity index is 1.25. The molecule has 3 aromatic rings. The Labute approximate surface area is 244 Å². The first-order valence-electron chi connectivity index (χ1n) is 14.0. The molecule has 0 unspecified atom stereocenters. The molecular weight excluding hydrogens is 538 g/mol. The summed E-state index contributed by atoms with van der Waals surface area (Å²) in [5, 5.41) is 15.2. The van der Waals surface area contributed by atoms with E-state index in [-0.39, 0.29) is 17.2 Å². The zero-order valence-corrected chi connectivity index (χ0v) is 24.6. The summed E-state index contributed by atoms with van der Waals surface area (Å²) in [6.07, 6.45) is 2.17. The molecule has 0 radical (unpaired) electrons. The zero-order chi connectivity index (χ0) is 30.0. The molecule has 0 aliphatic carbocycles. The molecule has 42 heavy (non-hydrogen) atoms. The van der Waals surface area contributed by atoms with Crippen molar-refractivity contribution in [3.05, 3.63) is 52.5 Å². The molecule has 1 saturated heterocycles. The standard InChI is InChI=1S/C30H37N7O5/c1-17-22(31-18(2)27(17)35-26(38)8-9-37-10-12-41-13-11-37)15-21-20-7-6-19(14-23(20)33-28(21)39)32-29(40)34-25-16-24(42-36-25)30(3,4)5/h6-7,14-16,31H,8-13H2,1-5H3,(H,33,39)(H,35,38)(H2,32,34,36,40). The number of hydrogen-bond acceptors (Lipinski definition) is 7. The zero-order valence-electron chi connectivity index (χ0n) is 24.6. The van der Waals surface area contributed by atoms with Gasteiger partial charge < -0.3 is 30.2 Å². The number of carbonyl (C=O) groups excluding carboxylic acids is 3. The van der Waals surface area contributed by atoms with Gasteiger partial charge >= 0.3 is 6.03 Å². The quantitative estimate of drug-likeness (QED) is 0.256. The van der Waals surface area contributed by atoms with Crippen molar-refractivity contribution in [2.24, 2.45) is 0 Å². The van der Waals surface area contributed by atoms with E-state index in [4.69, 9.17) is 9.26 Å². The molecule has 1 fully saturated rings. The van der Waals surface area contributed by atoms with Gasteiger partial charge in [0.2, 0.25) is 5.91 Å². The van der Waals surface area contributed by atoms with Gasteiger partial charge in [0, 0.05) is 60.2 Å². The third-order valence-corrected chi connectivity index (χ3v) is 7.34. The van der Waals surface area contributed by atoms with E-state index < -0.39 is 6.03 Å². The van der Waals surface area contributed by atoms with Crippen molar-refractivity contribution in [1.82, 2.24) is 15.0 Å². The largest absolute Gasteiger partial charge is 0.379 e. The number of nitrogens with one attached hydrogen (secondary N) is 5. The van der Waals surface area contributed by atoms with E-state index in [9.17, 15) is 14.4 Å². The number of rotatable bonds is 7. The normalized spacial score (nSPS) is 16.3. The number of aromatic amines is 1. The number of carbonyl (C=O) groups is 3. The molecular formula is C30H37N7O5. The lowest BCUT2D eigenvalue weighted by atomic mass is 9.93. The number of hydrogen-bond donors (Lipinski definition) is 5. The first kappa shape index (κ1) is 29.1. The maximum Gasteiger partial charge on any atom is 0.324 e. The second kappa shape index (κ2) is 11.8. The van der Waals surface area contributed by atoms with E-state index >= 15 is 0 Å². The van der Waals surface area contributed by atoms with Crippen LogP contribution >= 0.6 is 0 Å². The lowest BCUT2D eigenvalue weighted by Gasteiger charge is -2.26. The number of aryl methyl sites for hydroxylation is 1. The van der Waals surface area contributed by atoms with Crippen molar-refractivity contribution in [3.63, 3.8) is 0 Å². The SMILES string of the molecule is Cc1[nH]c(C=C2C(=O)Nc3cc(NC(=O)Nc4cc(C(C)(C)C)on4)ccc32)c(C)c1NC(=O)CCN1CCOCC1. The van der Waals surface area contributed by atoms with Crippen molar-refractivity contribution in [2.45, 2.75) is 46.5 Å². The van der Waals surface area contributed by atoms with Crippen LogP contribution in [0.2, 0.25) is 0 Å². The van der Waals surface area contributed by atoms with Crippen LogP contribution in [0.25, 0.3) is 11.6 Å². The number of benzene rings is 1. The van der Waals surface area contributed by atoms with E-state index in [1.54, 1.807) is 30.3 Å². The Morgan fingerprint density at radius 1 is 1.10 bits per heavy atom. The Morgan fingerprint density at radius 2 is 1.86 bits per heavy atom. The molecule has 2 aromatic heterocycles. The highest BCUT2D eigenvalue weighted by molar-refractivity contribution is 6.35. The van der Waals surface area contributed by atoms with E-state index in [1.807, 2.05) is 34.6 Å². The van der Waals surface area contributed by atoms with Crippen molar-refractivity contribution >= 4 is 52.4 Å². The van der Waals surface area contributed by atoms with E-state index in [2.05, 4.69) is 36.3 Å². The Hall–Kier alpha value is -4.42. The summed E-state index contributed by atoms with van der Waals surface area (Å²) >= 11 is 0. The van der Waals surface area contributed by atoms with Gasteiger partial charge in [-0.05, 0) is 37.6 Å². The van der Waals surface area contributed by atoms with Gasteiger partial charge in [-0.1, -0.05) is 32.0 Å². The highest BCUT2D eigenvalue weighted by Crippen LogP contribution is 2.36. The molecule has 2 aliphatic heterocycles. The summed E-state index contributed by atoms with van der Waals surface area (Å²) in [5.74, 6) is 0.647. The predicted octanol–water partition coefficient (Wildman–Crippen LogP) is 4.71. The fourth-order valence-electron chi connectivity index (χ4n) is 4.92. The minimum absolute atomic E-state index is 0.0582. The molecule has 2 aliphatic rings. The van der Waals surface area contributed by atoms with Crippen molar-refractivity contribution in [3.8, 4) is 0 Å². The summed E-state index contributed by atoms with van der Waals surface area (Å²) in [6.45, 7) is 13.5. The summed E-state index contributed by atoms with van der Waals surface area (Å²) < 4.78 is 10.7. The summed E-state index contributed by atoms with van der Waals surface area (Å²) in [7, 11) is 0. The fourth-order valence-corrected chi connectivity index (χ4v) is 4.92. The van der Waals surface area contributed by atoms with Crippen LogP contribution in [0, 0.1) is 13.8 Å². The molecule has 1 aromatic carbocycles. The molecule has 12 heteroatoms. The Bertz CT molecular complexity index is 1540. The maximum absolute atomic E-state index is 12.9. The minimum atomic E-state index is -0.485. The van der Waals surface area contributed by atoms with E-state index in [0.717, 1.165) is 35.7 Å². The average molecular weight is 576 g/mol. The number of H-pyrrole nitrogens is 1. The van der Waals surface area contributed by atoms with Gasteiger partial charge in [0.25, 0.3) is 5.91 Å². The average Bonchev–Trinajstić information content (AvgIpc) is 3.60. The van der Waals surface area contributed by atoms with Crippen molar-refractivity contribution < 1.29 is 23.6 Å². The molecule has 0 saturated carbocycles. The fraction of sp³-hybridized carbons (Fsp3) is 0.400. The van der Waals surface area contributed by atoms with Gasteiger partial charge in [0.1, 0.15) is 5.76 Å². The Kier molecular flexibility index (Phi) is 8.19. The van der Waals surface area contributed by atoms with E-state index in [0.29, 0.717) is 60.3 Å². The highest BCUT2D eigenvalue weighted by Gasteiger charge is 2.26. The number of ether oxygens (including phenoxy) is 1. The summed E-state index contributed by atoms with van der Waals surface area (Å²) in [5.41, 5.74) is 5.15. The van der Waals surface area contributed by atoms with Crippen LogP contribution in [0.3, 0.4) is 0 Å². The van der Waals surface area contributed by atoms with Gasteiger partial charge in [-0.2, -0.15) is 0 Å². The lowest BCUT2D eigenvalue weighted by Crippen LogP contribution is -2.38. The molecule has 5 N–H and O–H groups in total. The Morgan fingerprint density at radius 3 is 2.57 bits per heavy atom. The number of aromatic nitrogens is 2. The minimum Gasteiger partial charge on any atom is -0.379 e. The van der Waals surface area contributed by atoms with Crippen LogP contribution in [-0.4, -0.2) is 65.7 Å². The monoisotopic (exact) mass is 575 g/mol. The van der Waals surface area contributed by atoms with Crippen LogP contribution in [0.15, 0.2) is 28.8 Å². The van der Waals surface area contributed by atoms with Crippen LogP contribution in [0.5, 0.6) is 0 Å². The van der Waals surface area contributed by atoms with Crippen molar-refractivity contribution in [1.29, 1.82) is 0 Å². The summed E-state index contributed by atoms with van der Waals surface area (Å²) in [6, 6.07) is 6.40. The topological polar surface area (TPSA) is 154 Å². The van der Waals surface area contributed by atoms with Crippen LogP contribution in [0.4, 0.5) is 27.7 Å². The third-order valence-electron chi connectivity index (χ3n) is 7.34. The molecule has 0 atom stereocenters. The van der Waals surface area contributed by atoms with E-state index in [1.165, 1.54) is 0 Å². The van der Waals surface area contributed by atoms with Crippen LogP contribution in [0.1, 0.15) is 55.5 Å². The molecule has 222 valence electrons. The second-order valence-electron chi connectivity index (χ2n) is 11.6. The number of anilines is 4. The lowest BCUT2D eigenvalue weighted by molar-refractivity contribution is -0.116. The molecule has 4 amide bonds. The number of morpholine rings is 1. The van der Waals surface area contributed by atoms with Gasteiger partial charge in [0.05, 0.1) is 30.2 Å². The second-order valence-corrected chi connectivity index (χ2v) is 11.6. The first-order chi connectivity index (χ1) is 20.0. The smallest absolute Gasteiger partial charge is 0.324 e. The maximum atomic E-state index is 12.9. The van der Waals surface area contributed by atoms with Crippen LogP contribution < -0.4 is 21.3 Å².